The van der Waals surface area contributed by atoms with E-state index < -0.39 is 40.6 Å². The molecule has 2 aliphatic heterocycles. The van der Waals surface area contributed by atoms with Gasteiger partial charge in [-0.25, -0.2) is 4.90 Å². The van der Waals surface area contributed by atoms with Gasteiger partial charge in [-0.1, -0.05) is 59.0 Å². The standard InChI is InChI=1S/C30H22F3N3O5S2/c1-15-8-10-18(11-9-15)34-21(37)14-41-20-7-2-4-16(12-20)22-23-25(42-26-24(22)43-29(40)35-26)28(39)36(27(23)38)19-6-3-5-17(13-19)30(31,32)33/h2-13,22-23,25H,14H2,1H3,(H,34,37)(H,35,40). The van der Waals surface area contributed by atoms with Gasteiger partial charge in [0.2, 0.25) is 11.8 Å². The summed E-state index contributed by atoms with van der Waals surface area (Å²) in [5.41, 5.74) is 1.06. The molecular weight excluding hydrogens is 603 g/mol. The van der Waals surface area contributed by atoms with Gasteiger partial charge >= 0.3 is 11.0 Å². The predicted molar refractivity (Wildman–Crippen MR) is 156 cm³/mol. The second-order valence-electron chi connectivity index (χ2n) is 10.1. The number of nitrogens with zero attached hydrogens (tertiary/aromatic N) is 1. The predicted octanol–water partition coefficient (Wildman–Crippen LogP) is 5.58. The Kier molecular flexibility index (Phi) is 7.38. The molecular formula is C30H22F3N3O5S2. The van der Waals surface area contributed by atoms with E-state index in [1.807, 2.05) is 19.1 Å². The molecule has 3 aromatic carbocycles. The van der Waals surface area contributed by atoms with Crippen molar-refractivity contribution in [3.63, 3.8) is 0 Å². The van der Waals surface area contributed by atoms with Crippen molar-refractivity contribution in [3.05, 3.63) is 104 Å². The van der Waals surface area contributed by atoms with E-state index >= 15 is 0 Å². The van der Waals surface area contributed by atoms with E-state index in [4.69, 9.17) is 4.74 Å². The zero-order valence-corrected chi connectivity index (χ0v) is 23.9. The number of rotatable bonds is 6. The molecule has 13 heteroatoms. The van der Waals surface area contributed by atoms with E-state index in [1.54, 1.807) is 36.4 Å². The number of H-pyrrole nitrogens is 1. The molecule has 3 atom stereocenters. The van der Waals surface area contributed by atoms with E-state index in [9.17, 15) is 32.3 Å². The Labute approximate surface area is 250 Å². The summed E-state index contributed by atoms with van der Waals surface area (Å²) in [5, 5.41) is 2.20. The third-order valence-corrected chi connectivity index (χ3v) is 9.58. The number of thioether (sulfide) groups is 1. The van der Waals surface area contributed by atoms with Gasteiger partial charge in [-0.2, -0.15) is 13.2 Å². The van der Waals surface area contributed by atoms with Crippen molar-refractivity contribution in [1.82, 2.24) is 4.98 Å². The lowest BCUT2D eigenvalue weighted by atomic mass is 9.83. The average molecular weight is 626 g/mol. The van der Waals surface area contributed by atoms with Crippen LogP contribution in [0.25, 0.3) is 0 Å². The number of carbonyl (C=O) groups excluding carboxylic acids is 3. The Morgan fingerprint density at radius 2 is 1.74 bits per heavy atom. The molecule has 0 radical (unpaired) electrons. The lowest BCUT2D eigenvalue weighted by molar-refractivity contribution is -0.137. The largest absolute Gasteiger partial charge is 0.484 e. The van der Waals surface area contributed by atoms with Crippen molar-refractivity contribution in [2.24, 2.45) is 5.92 Å². The van der Waals surface area contributed by atoms with Crippen molar-refractivity contribution in [1.29, 1.82) is 0 Å². The molecule has 220 valence electrons. The van der Waals surface area contributed by atoms with E-state index in [0.717, 1.165) is 51.8 Å². The molecule has 1 fully saturated rings. The fourth-order valence-corrected chi connectivity index (χ4v) is 7.75. The van der Waals surface area contributed by atoms with Crippen LogP contribution in [0, 0.1) is 12.8 Å². The molecule has 1 aromatic heterocycles. The number of aryl methyl sites for hydroxylation is 1. The number of alkyl halides is 3. The van der Waals surface area contributed by atoms with Gasteiger partial charge < -0.3 is 15.0 Å². The van der Waals surface area contributed by atoms with Gasteiger partial charge in [0.05, 0.1) is 22.2 Å². The SMILES string of the molecule is Cc1ccc(NC(=O)COc2cccc(C3c4sc(=O)[nH]c4SC4C(=O)N(c5cccc(C(F)(F)F)c5)C(=O)C43)c2)cc1. The highest BCUT2D eigenvalue weighted by atomic mass is 32.2. The molecule has 6 rings (SSSR count). The Bertz CT molecular complexity index is 1800. The minimum Gasteiger partial charge on any atom is -0.484 e. The van der Waals surface area contributed by atoms with Crippen LogP contribution in [-0.2, 0) is 20.6 Å². The van der Waals surface area contributed by atoms with Crippen molar-refractivity contribution < 1.29 is 32.3 Å². The first-order valence-electron chi connectivity index (χ1n) is 13.0. The second-order valence-corrected chi connectivity index (χ2v) is 12.3. The number of anilines is 2. The van der Waals surface area contributed by atoms with Gasteiger partial charge in [-0.15, -0.1) is 0 Å². The molecule has 2 aliphatic rings. The fourth-order valence-electron chi connectivity index (χ4n) is 5.23. The molecule has 43 heavy (non-hydrogen) atoms. The number of ether oxygens (including phenoxy) is 1. The molecule has 0 saturated carbocycles. The summed E-state index contributed by atoms with van der Waals surface area (Å²) in [6, 6.07) is 18.0. The van der Waals surface area contributed by atoms with Crippen LogP contribution in [0.15, 0.2) is 82.6 Å². The zero-order valence-electron chi connectivity index (χ0n) is 22.3. The maximum Gasteiger partial charge on any atom is 0.416 e. The fraction of sp³-hybridized carbons (Fsp3) is 0.200. The number of amides is 3. The van der Waals surface area contributed by atoms with Crippen LogP contribution in [0.3, 0.4) is 0 Å². The summed E-state index contributed by atoms with van der Waals surface area (Å²) >= 11 is 1.93. The summed E-state index contributed by atoms with van der Waals surface area (Å²) in [5.74, 6) is -3.15. The topological polar surface area (TPSA) is 109 Å². The van der Waals surface area contributed by atoms with E-state index in [2.05, 4.69) is 10.3 Å². The van der Waals surface area contributed by atoms with Gasteiger partial charge in [-0.05, 0) is 55.0 Å². The number of carbonyl (C=O) groups is 3. The Balaban J connectivity index is 1.29. The van der Waals surface area contributed by atoms with Gasteiger partial charge in [-0.3, -0.25) is 19.2 Å². The van der Waals surface area contributed by atoms with Crippen molar-refractivity contribution >= 4 is 52.2 Å². The minimum absolute atomic E-state index is 0.174. The number of benzene rings is 3. The summed E-state index contributed by atoms with van der Waals surface area (Å²) in [6.07, 6.45) is -4.66. The van der Waals surface area contributed by atoms with Crippen LogP contribution in [0.5, 0.6) is 5.75 Å². The minimum atomic E-state index is -4.66. The van der Waals surface area contributed by atoms with E-state index in [-0.39, 0.29) is 23.1 Å². The van der Waals surface area contributed by atoms with Crippen molar-refractivity contribution in [2.45, 2.75) is 29.3 Å². The molecule has 3 heterocycles. The number of nitrogens with one attached hydrogen (secondary N) is 2. The average Bonchev–Trinajstić information content (AvgIpc) is 3.47. The highest BCUT2D eigenvalue weighted by Crippen LogP contribution is 2.53. The number of aromatic amines is 1. The number of imide groups is 1. The van der Waals surface area contributed by atoms with Gasteiger partial charge in [0.1, 0.15) is 11.0 Å². The first kappa shape index (κ1) is 28.7. The van der Waals surface area contributed by atoms with Crippen LogP contribution in [0.4, 0.5) is 24.5 Å². The summed E-state index contributed by atoms with van der Waals surface area (Å²) < 4.78 is 46.0. The molecule has 2 N–H and O–H groups in total. The lowest BCUT2D eigenvalue weighted by Gasteiger charge is -2.30. The van der Waals surface area contributed by atoms with Crippen LogP contribution in [0.1, 0.15) is 27.5 Å². The molecule has 3 unspecified atom stereocenters. The third-order valence-electron chi connectivity index (χ3n) is 7.18. The Morgan fingerprint density at radius 3 is 2.49 bits per heavy atom. The number of thiazole rings is 1. The quantitative estimate of drug-likeness (QED) is 0.271. The Morgan fingerprint density at radius 1 is 1.00 bits per heavy atom. The monoisotopic (exact) mass is 625 g/mol. The maximum absolute atomic E-state index is 13.8. The molecule has 1 saturated heterocycles. The molecule has 8 nitrogen and oxygen atoms in total. The highest BCUT2D eigenvalue weighted by molar-refractivity contribution is 8.00. The van der Waals surface area contributed by atoms with E-state index in [1.165, 1.54) is 6.07 Å². The first-order valence-corrected chi connectivity index (χ1v) is 14.7. The van der Waals surface area contributed by atoms with Crippen LogP contribution in [0.2, 0.25) is 0 Å². The van der Waals surface area contributed by atoms with E-state index in [0.29, 0.717) is 26.9 Å². The maximum atomic E-state index is 13.8. The molecule has 0 spiro atoms. The number of hydrogen-bond donors (Lipinski definition) is 2. The number of halogens is 3. The number of aromatic nitrogens is 1. The van der Waals surface area contributed by atoms with Gasteiger partial charge in [0, 0.05) is 16.5 Å². The van der Waals surface area contributed by atoms with Crippen LogP contribution in [-0.4, -0.2) is 34.6 Å². The van der Waals surface area contributed by atoms with Crippen molar-refractivity contribution in [3.8, 4) is 5.75 Å². The highest BCUT2D eigenvalue weighted by Gasteiger charge is 2.56. The lowest BCUT2D eigenvalue weighted by Crippen LogP contribution is -2.32. The second kappa shape index (κ2) is 11.0. The molecule has 3 amide bonds. The van der Waals surface area contributed by atoms with Crippen LogP contribution >= 0.6 is 23.1 Å². The van der Waals surface area contributed by atoms with Crippen molar-refractivity contribution in [2.75, 3.05) is 16.8 Å². The van der Waals surface area contributed by atoms with Gasteiger partial charge in [0.25, 0.3) is 5.91 Å². The molecule has 4 aromatic rings. The number of fused-ring (bicyclic) bond motifs is 2. The Hall–Kier alpha value is -4.36. The summed E-state index contributed by atoms with van der Waals surface area (Å²) in [7, 11) is 0. The summed E-state index contributed by atoms with van der Waals surface area (Å²) in [4.78, 5) is 55.9. The normalized spacial score (nSPS) is 19.6. The van der Waals surface area contributed by atoms with Crippen LogP contribution < -0.4 is 19.8 Å². The van der Waals surface area contributed by atoms with Gasteiger partial charge in [0.15, 0.2) is 6.61 Å². The molecule has 0 aliphatic carbocycles. The smallest absolute Gasteiger partial charge is 0.416 e. The molecule has 0 bridgehead atoms. The first-order chi connectivity index (χ1) is 20.5. The zero-order chi connectivity index (χ0) is 30.5. The third kappa shape index (κ3) is 5.57. The summed E-state index contributed by atoms with van der Waals surface area (Å²) in [6.45, 7) is 1.63. The number of hydrogen-bond acceptors (Lipinski definition) is 7.